The van der Waals surface area contributed by atoms with E-state index in [9.17, 15) is 9.59 Å². The van der Waals surface area contributed by atoms with Crippen LogP contribution in [0.15, 0.2) is 36.5 Å². The predicted octanol–water partition coefficient (Wildman–Crippen LogP) is 3.40. The average molecular weight is 450 g/mol. The van der Waals surface area contributed by atoms with Gasteiger partial charge < -0.3 is 24.3 Å². The molecule has 1 amide bonds. The van der Waals surface area contributed by atoms with Crippen molar-refractivity contribution in [1.82, 2.24) is 14.8 Å². The van der Waals surface area contributed by atoms with E-state index in [2.05, 4.69) is 10.3 Å². The number of aldehydes is 1. The summed E-state index contributed by atoms with van der Waals surface area (Å²) in [6.45, 7) is 1.44. The van der Waals surface area contributed by atoms with Gasteiger partial charge in [0.1, 0.15) is 30.9 Å². The molecule has 1 fully saturated rings. The van der Waals surface area contributed by atoms with E-state index < -0.39 is 0 Å². The normalized spacial score (nSPS) is 21.8. The summed E-state index contributed by atoms with van der Waals surface area (Å²) in [6.07, 6.45) is 6.67. The van der Waals surface area contributed by atoms with Gasteiger partial charge in [0, 0.05) is 29.6 Å². The summed E-state index contributed by atoms with van der Waals surface area (Å²) in [7, 11) is 0. The molecule has 172 valence electrons. The number of amides is 1. The minimum Gasteiger partial charge on any atom is -0.489 e. The quantitative estimate of drug-likeness (QED) is 0.597. The van der Waals surface area contributed by atoms with Gasteiger partial charge in [0.15, 0.2) is 0 Å². The summed E-state index contributed by atoms with van der Waals surface area (Å²) in [4.78, 5) is 28.3. The van der Waals surface area contributed by atoms with Crippen molar-refractivity contribution in [1.29, 1.82) is 0 Å². The third-order valence-corrected chi connectivity index (χ3v) is 6.10. The lowest BCUT2D eigenvalue weighted by Crippen LogP contribution is -2.19. The second kappa shape index (κ2) is 9.58. The van der Waals surface area contributed by atoms with Crippen molar-refractivity contribution < 1.29 is 23.8 Å². The summed E-state index contributed by atoms with van der Waals surface area (Å²) in [5, 5.41) is 8.59. The molecule has 0 radical (unpaired) electrons. The van der Waals surface area contributed by atoms with Gasteiger partial charge in [-0.1, -0.05) is 6.07 Å². The van der Waals surface area contributed by atoms with Gasteiger partial charge >= 0.3 is 0 Å². The number of aromatic nitrogens is 3. The third-order valence-electron chi connectivity index (χ3n) is 6.10. The zero-order chi connectivity index (χ0) is 22.6. The second-order valence-electron chi connectivity index (χ2n) is 8.35. The van der Waals surface area contributed by atoms with E-state index in [1.165, 1.54) is 0 Å². The van der Waals surface area contributed by atoms with Crippen LogP contribution in [-0.2, 0) is 9.53 Å². The Hall–Kier alpha value is -3.46. The molecular formula is C24H26N4O5. The van der Waals surface area contributed by atoms with Crippen molar-refractivity contribution in [3.63, 3.8) is 0 Å². The highest BCUT2D eigenvalue weighted by Gasteiger charge is 2.23. The van der Waals surface area contributed by atoms with Gasteiger partial charge in [-0.25, -0.2) is 4.98 Å². The molecule has 33 heavy (non-hydrogen) atoms. The highest BCUT2D eigenvalue weighted by Crippen LogP contribution is 2.34. The molecule has 1 aromatic carbocycles. The van der Waals surface area contributed by atoms with Crippen molar-refractivity contribution >= 4 is 28.8 Å². The van der Waals surface area contributed by atoms with Crippen molar-refractivity contribution in [2.45, 2.75) is 31.7 Å². The van der Waals surface area contributed by atoms with E-state index in [0.29, 0.717) is 43.7 Å². The second-order valence-corrected chi connectivity index (χ2v) is 8.35. The molecule has 0 spiro atoms. The van der Waals surface area contributed by atoms with Gasteiger partial charge in [0.25, 0.3) is 5.91 Å². The fourth-order valence-electron chi connectivity index (χ4n) is 4.30. The first kappa shape index (κ1) is 21.4. The van der Waals surface area contributed by atoms with Crippen LogP contribution in [0.3, 0.4) is 0 Å². The first-order valence-electron chi connectivity index (χ1n) is 11.3. The predicted molar refractivity (Wildman–Crippen MR) is 121 cm³/mol. The molecule has 5 rings (SSSR count). The first-order chi connectivity index (χ1) is 16.2. The maximum Gasteiger partial charge on any atom is 0.274 e. The molecule has 3 aromatic rings. The molecule has 1 saturated carbocycles. The van der Waals surface area contributed by atoms with Gasteiger partial charge in [-0.3, -0.25) is 9.48 Å². The molecular weight excluding hydrogens is 424 g/mol. The first-order valence-corrected chi connectivity index (χ1v) is 11.3. The number of carbonyl (C=O) groups excluding carboxylic acids is 2. The van der Waals surface area contributed by atoms with Crippen molar-refractivity contribution in [3.8, 4) is 11.6 Å². The van der Waals surface area contributed by atoms with Crippen LogP contribution in [0.5, 0.6) is 11.6 Å². The Bertz CT molecular complexity index is 1150. The SMILES string of the molecule is O=C[C@H]1CC[C@H](n2cc3cc4c(cc3n2)OCCOCCOc2cccc(n2)C(=O)N4)CC1. The Morgan fingerprint density at radius 1 is 1.03 bits per heavy atom. The van der Waals surface area contributed by atoms with E-state index in [1.54, 1.807) is 18.2 Å². The highest BCUT2D eigenvalue weighted by molar-refractivity contribution is 6.05. The summed E-state index contributed by atoms with van der Waals surface area (Å²) >= 11 is 0. The Labute approximate surface area is 191 Å². The molecule has 9 nitrogen and oxygen atoms in total. The Morgan fingerprint density at radius 2 is 1.85 bits per heavy atom. The van der Waals surface area contributed by atoms with Crippen LogP contribution in [0.1, 0.15) is 42.2 Å². The van der Waals surface area contributed by atoms with Crippen LogP contribution in [0.25, 0.3) is 10.9 Å². The van der Waals surface area contributed by atoms with Crippen LogP contribution >= 0.6 is 0 Å². The number of ether oxygens (including phenoxy) is 3. The maximum absolute atomic E-state index is 12.9. The third kappa shape index (κ3) is 4.83. The number of hydrogen-bond donors (Lipinski definition) is 1. The molecule has 2 aliphatic rings. The highest BCUT2D eigenvalue weighted by atomic mass is 16.5. The smallest absolute Gasteiger partial charge is 0.274 e. The minimum absolute atomic E-state index is 0.156. The Morgan fingerprint density at radius 3 is 2.67 bits per heavy atom. The number of anilines is 1. The molecule has 0 atom stereocenters. The van der Waals surface area contributed by atoms with Gasteiger partial charge in [0.05, 0.1) is 30.5 Å². The number of carbonyl (C=O) groups is 2. The Kier molecular flexibility index (Phi) is 6.21. The zero-order valence-corrected chi connectivity index (χ0v) is 18.2. The van der Waals surface area contributed by atoms with Gasteiger partial charge in [-0.2, -0.15) is 5.10 Å². The number of nitrogens with zero attached hydrogens (tertiary/aromatic N) is 3. The fourth-order valence-corrected chi connectivity index (χ4v) is 4.30. The van der Waals surface area contributed by atoms with E-state index >= 15 is 0 Å². The summed E-state index contributed by atoms with van der Waals surface area (Å²) in [5.74, 6) is 0.709. The molecule has 1 N–H and O–H groups in total. The van der Waals surface area contributed by atoms with E-state index in [1.807, 2.05) is 23.0 Å². The van der Waals surface area contributed by atoms with Crippen LogP contribution in [0.4, 0.5) is 5.69 Å². The van der Waals surface area contributed by atoms with E-state index in [-0.39, 0.29) is 23.6 Å². The Balaban J connectivity index is 1.45. The summed E-state index contributed by atoms with van der Waals surface area (Å²) < 4.78 is 19.0. The van der Waals surface area contributed by atoms with Crippen LogP contribution in [0.2, 0.25) is 0 Å². The standard InChI is InChI=1S/C24H26N4O5/c29-15-16-4-6-18(7-5-16)28-14-17-12-21-22(13-20(17)27-28)32-10-8-31-9-11-33-23-3-1-2-19(25-23)24(30)26-21/h1-3,12-16,18H,4-11H2,(H,26,30)/t16-,18-. The van der Waals surface area contributed by atoms with Crippen LogP contribution < -0.4 is 14.8 Å². The molecule has 2 bridgehead atoms. The van der Waals surface area contributed by atoms with Gasteiger partial charge in [-0.15, -0.1) is 0 Å². The number of rotatable bonds is 2. The molecule has 1 aliphatic heterocycles. The topological polar surface area (TPSA) is 105 Å². The average Bonchev–Trinajstić information content (AvgIpc) is 3.26. The maximum atomic E-state index is 12.9. The molecule has 3 heterocycles. The molecule has 0 saturated heterocycles. The lowest BCUT2D eigenvalue weighted by Gasteiger charge is -2.25. The zero-order valence-electron chi connectivity index (χ0n) is 18.2. The van der Waals surface area contributed by atoms with Crippen molar-refractivity contribution in [2.24, 2.45) is 5.92 Å². The number of pyridine rings is 1. The summed E-state index contributed by atoms with van der Waals surface area (Å²) in [6, 6.07) is 9.05. The molecule has 1 aliphatic carbocycles. The lowest BCUT2D eigenvalue weighted by atomic mass is 9.87. The number of nitrogens with one attached hydrogen (secondary N) is 1. The van der Waals surface area contributed by atoms with E-state index in [0.717, 1.165) is 42.9 Å². The van der Waals surface area contributed by atoms with Crippen molar-refractivity contribution in [2.75, 3.05) is 31.7 Å². The fraction of sp³-hybridized carbons (Fsp3) is 0.417. The number of fused-ring (bicyclic) bond motifs is 4. The molecule has 9 heteroatoms. The summed E-state index contributed by atoms with van der Waals surface area (Å²) in [5.41, 5.74) is 1.58. The largest absolute Gasteiger partial charge is 0.489 e. The van der Waals surface area contributed by atoms with E-state index in [4.69, 9.17) is 19.3 Å². The number of benzene rings is 1. The number of hydrogen-bond acceptors (Lipinski definition) is 7. The van der Waals surface area contributed by atoms with Crippen molar-refractivity contribution in [3.05, 3.63) is 42.2 Å². The van der Waals surface area contributed by atoms with Crippen LogP contribution in [-0.4, -0.2) is 53.4 Å². The molecule has 0 unspecified atom stereocenters. The van der Waals surface area contributed by atoms with Gasteiger partial charge in [-0.05, 0) is 37.8 Å². The van der Waals surface area contributed by atoms with Gasteiger partial charge in [0.2, 0.25) is 5.88 Å². The molecule has 2 aromatic heterocycles. The lowest BCUT2D eigenvalue weighted by molar-refractivity contribution is -0.112. The minimum atomic E-state index is -0.350. The van der Waals surface area contributed by atoms with Crippen LogP contribution in [0, 0.1) is 5.92 Å². The monoisotopic (exact) mass is 450 g/mol.